The fourth-order valence-electron chi connectivity index (χ4n) is 2.20. The molecule has 0 radical (unpaired) electrons. The maximum absolute atomic E-state index is 12.0. The normalized spacial score (nSPS) is 17.6. The molecule has 1 fully saturated rings. The van der Waals surface area contributed by atoms with Crippen molar-refractivity contribution in [1.82, 2.24) is 5.32 Å². The van der Waals surface area contributed by atoms with E-state index in [2.05, 4.69) is 5.32 Å². The number of rotatable bonds is 5. The van der Waals surface area contributed by atoms with Gasteiger partial charge >= 0.3 is 0 Å². The first-order valence-corrected chi connectivity index (χ1v) is 7.04. The van der Waals surface area contributed by atoms with Gasteiger partial charge in [0.1, 0.15) is 5.75 Å². The first-order valence-electron chi connectivity index (χ1n) is 7.04. The summed E-state index contributed by atoms with van der Waals surface area (Å²) in [6.07, 6.45) is 2.15. The zero-order valence-electron chi connectivity index (χ0n) is 11.6. The van der Waals surface area contributed by atoms with E-state index in [1.165, 1.54) is 0 Å². The Labute approximate surface area is 122 Å². The highest BCUT2D eigenvalue weighted by Crippen LogP contribution is 2.23. The molecular weight excluding hydrogens is 270 g/mol. The maximum Gasteiger partial charge on any atom is 0.290 e. The molecule has 0 aliphatic carbocycles. The summed E-state index contributed by atoms with van der Waals surface area (Å²) in [6, 6.07) is 12.5. The van der Waals surface area contributed by atoms with E-state index in [-0.39, 0.29) is 17.8 Å². The average molecular weight is 287 g/mol. The van der Waals surface area contributed by atoms with Gasteiger partial charge in [0, 0.05) is 19.2 Å². The first kappa shape index (κ1) is 13.7. The molecule has 1 aliphatic rings. The second-order valence-electron chi connectivity index (χ2n) is 4.88. The van der Waals surface area contributed by atoms with Crippen LogP contribution in [-0.4, -0.2) is 25.2 Å². The van der Waals surface area contributed by atoms with Gasteiger partial charge in [-0.3, -0.25) is 4.79 Å². The fraction of sp³-hybridized carbons (Fsp3) is 0.312. The molecule has 1 amide bonds. The quantitative estimate of drug-likeness (QED) is 0.918. The number of ether oxygens (including phenoxy) is 2. The summed E-state index contributed by atoms with van der Waals surface area (Å²) >= 11 is 0. The van der Waals surface area contributed by atoms with Gasteiger partial charge in [-0.15, -0.1) is 0 Å². The molecule has 5 nitrogen and oxygen atoms in total. The highest BCUT2D eigenvalue weighted by atomic mass is 16.6. The highest BCUT2D eigenvalue weighted by Gasteiger charge is 2.18. The number of hydrogen-bond donors (Lipinski definition) is 1. The van der Waals surface area contributed by atoms with E-state index in [0.717, 1.165) is 19.4 Å². The van der Waals surface area contributed by atoms with Crippen molar-refractivity contribution in [3.63, 3.8) is 0 Å². The molecule has 21 heavy (non-hydrogen) atoms. The number of furan rings is 1. The smallest absolute Gasteiger partial charge is 0.290 e. The topological polar surface area (TPSA) is 60.7 Å². The molecule has 1 aromatic heterocycles. The predicted molar refractivity (Wildman–Crippen MR) is 76.5 cm³/mol. The molecule has 1 aromatic carbocycles. The molecule has 0 spiro atoms. The molecular formula is C16H17NO4. The number of para-hydroxylation sites is 1. The van der Waals surface area contributed by atoms with E-state index in [4.69, 9.17) is 13.9 Å². The van der Waals surface area contributed by atoms with E-state index >= 15 is 0 Å². The van der Waals surface area contributed by atoms with Crippen molar-refractivity contribution in [3.8, 4) is 11.7 Å². The number of nitrogens with one attached hydrogen (secondary N) is 1. The molecule has 110 valence electrons. The lowest BCUT2D eigenvalue weighted by Crippen LogP contribution is -2.31. The Bertz CT molecular complexity index is 587. The van der Waals surface area contributed by atoms with Crippen LogP contribution in [0.2, 0.25) is 0 Å². The van der Waals surface area contributed by atoms with Crippen LogP contribution < -0.4 is 10.1 Å². The van der Waals surface area contributed by atoms with Gasteiger partial charge in [0.05, 0.1) is 6.10 Å². The Morgan fingerprint density at radius 2 is 2.10 bits per heavy atom. The third-order valence-electron chi connectivity index (χ3n) is 3.28. The number of carbonyl (C=O) groups is 1. The van der Waals surface area contributed by atoms with E-state index in [1.807, 2.05) is 30.3 Å². The summed E-state index contributed by atoms with van der Waals surface area (Å²) < 4.78 is 16.4. The zero-order chi connectivity index (χ0) is 14.5. The third kappa shape index (κ3) is 3.64. The summed E-state index contributed by atoms with van der Waals surface area (Å²) in [5, 5.41) is 2.80. The van der Waals surface area contributed by atoms with Crippen LogP contribution in [-0.2, 0) is 4.74 Å². The Kier molecular flexibility index (Phi) is 4.21. The van der Waals surface area contributed by atoms with Crippen LogP contribution in [0.15, 0.2) is 46.9 Å². The number of carbonyl (C=O) groups excluding carboxylic acids is 1. The van der Waals surface area contributed by atoms with Crippen LogP contribution in [0, 0.1) is 0 Å². The van der Waals surface area contributed by atoms with Crippen LogP contribution in [0.1, 0.15) is 23.4 Å². The van der Waals surface area contributed by atoms with Crippen molar-refractivity contribution in [1.29, 1.82) is 0 Å². The first-order chi connectivity index (χ1) is 10.3. The lowest BCUT2D eigenvalue weighted by atomic mass is 10.2. The summed E-state index contributed by atoms with van der Waals surface area (Å²) in [4.78, 5) is 12.0. The predicted octanol–water partition coefficient (Wildman–Crippen LogP) is 2.98. The van der Waals surface area contributed by atoms with Gasteiger partial charge in [0.25, 0.3) is 11.9 Å². The van der Waals surface area contributed by atoms with Gasteiger partial charge in [-0.25, -0.2) is 0 Å². The van der Waals surface area contributed by atoms with Crippen molar-refractivity contribution < 1.29 is 18.7 Å². The van der Waals surface area contributed by atoms with Gasteiger partial charge in [0.2, 0.25) is 0 Å². The maximum atomic E-state index is 12.0. The van der Waals surface area contributed by atoms with Crippen LogP contribution in [0.25, 0.3) is 0 Å². The SMILES string of the molecule is O=C(NC[C@@H]1CCCO1)c1ccc(Oc2ccccc2)o1. The summed E-state index contributed by atoms with van der Waals surface area (Å²) in [6.45, 7) is 1.28. The fourth-order valence-corrected chi connectivity index (χ4v) is 2.20. The summed E-state index contributed by atoms with van der Waals surface area (Å²) in [5.41, 5.74) is 0. The van der Waals surface area contributed by atoms with E-state index in [9.17, 15) is 4.79 Å². The van der Waals surface area contributed by atoms with Gasteiger partial charge in [-0.2, -0.15) is 0 Å². The van der Waals surface area contributed by atoms with Crippen molar-refractivity contribution in [2.24, 2.45) is 0 Å². The molecule has 0 unspecified atom stereocenters. The van der Waals surface area contributed by atoms with Gasteiger partial charge < -0.3 is 19.2 Å². The van der Waals surface area contributed by atoms with Crippen molar-refractivity contribution >= 4 is 5.91 Å². The molecule has 1 saturated heterocycles. The summed E-state index contributed by atoms with van der Waals surface area (Å²) in [5.74, 6) is 0.939. The van der Waals surface area contributed by atoms with Gasteiger partial charge in [-0.05, 0) is 31.0 Å². The molecule has 2 heterocycles. The van der Waals surface area contributed by atoms with Gasteiger partial charge in [0.15, 0.2) is 5.76 Å². The minimum absolute atomic E-state index is 0.115. The lowest BCUT2D eigenvalue weighted by Gasteiger charge is -2.09. The Morgan fingerprint density at radius 1 is 1.24 bits per heavy atom. The van der Waals surface area contributed by atoms with Crippen LogP contribution in [0.4, 0.5) is 0 Å². The molecule has 2 aromatic rings. The zero-order valence-corrected chi connectivity index (χ0v) is 11.6. The monoisotopic (exact) mass is 287 g/mol. The van der Waals surface area contributed by atoms with E-state index in [1.54, 1.807) is 12.1 Å². The standard InChI is InChI=1S/C16H17NO4/c18-16(17-11-13-7-4-10-19-13)14-8-9-15(21-14)20-12-5-2-1-3-6-12/h1-3,5-6,8-9,13H,4,7,10-11H2,(H,17,18)/t13-/m0/s1. The van der Waals surface area contributed by atoms with E-state index < -0.39 is 0 Å². The van der Waals surface area contributed by atoms with Crippen molar-refractivity contribution in [2.75, 3.05) is 13.2 Å². The van der Waals surface area contributed by atoms with Crippen molar-refractivity contribution in [2.45, 2.75) is 18.9 Å². The molecule has 5 heteroatoms. The number of hydrogen-bond acceptors (Lipinski definition) is 4. The average Bonchev–Trinajstić information content (AvgIpc) is 3.17. The second-order valence-corrected chi connectivity index (χ2v) is 4.88. The number of amides is 1. The van der Waals surface area contributed by atoms with Crippen LogP contribution >= 0.6 is 0 Å². The minimum atomic E-state index is -0.256. The Hall–Kier alpha value is -2.27. The Balaban J connectivity index is 1.55. The molecule has 1 aliphatic heterocycles. The van der Waals surface area contributed by atoms with E-state index in [0.29, 0.717) is 18.2 Å². The molecule has 3 rings (SSSR count). The van der Waals surface area contributed by atoms with Crippen LogP contribution in [0.3, 0.4) is 0 Å². The lowest BCUT2D eigenvalue weighted by molar-refractivity contribution is 0.0831. The largest absolute Gasteiger partial charge is 0.426 e. The number of benzene rings is 1. The van der Waals surface area contributed by atoms with Gasteiger partial charge in [-0.1, -0.05) is 18.2 Å². The molecule has 1 N–H and O–H groups in total. The van der Waals surface area contributed by atoms with Crippen LogP contribution in [0.5, 0.6) is 11.7 Å². The Morgan fingerprint density at radius 3 is 2.86 bits per heavy atom. The molecule has 0 saturated carbocycles. The van der Waals surface area contributed by atoms with Crippen molar-refractivity contribution in [3.05, 3.63) is 48.2 Å². The molecule has 0 bridgehead atoms. The molecule has 1 atom stereocenters. The highest BCUT2D eigenvalue weighted by molar-refractivity contribution is 5.91. The third-order valence-corrected chi connectivity index (χ3v) is 3.28. The summed E-state index contributed by atoms with van der Waals surface area (Å²) in [7, 11) is 0. The minimum Gasteiger partial charge on any atom is -0.426 e. The second kappa shape index (κ2) is 6.45.